The van der Waals surface area contributed by atoms with Crippen molar-refractivity contribution in [1.82, 2.24) is 10.2 Å². The number of amides is 2. The molecule has 0 aliphatic carbocycles. The van der Waals surface area contributed by atoms with Gasteiger partial charge in [-0.3, -0.25) is 0 Å². The van der Waals surface area contributed by atoms with Gasteiger partial charge in [-0.15, -0.1) is 11.3 Å². The van der Waals surface area contributed by atoms with Crippen molar-refractivity contribution in [2.24, 2.45) is 0 Å². The van der Waals surface area contributed by atoms with Crippen LogP contribution in [0.2, 0.25) is 0 Å². The Hall–Kier alpha value is -2.05. The van der Waals surface area contributed by atoms with Gasteiger partial charge in [0.25, 0.3) is 0 Å². The summed E-state index contributed by atoms with van der Waals surface area (Å²) >= 11 is 1.80. The van der Waals surface area contributed by atoms with E-state index >= 15 is 0 Å². The number of hydrogen-bond acceptors (Lipinski definition) is 4. The first-order chi connectivity index (χ1) is 12.7. The van der Waals surface area contributed by atoms with Crippen LogP contribution in [-0.4, -0.2) is 43.8 Å². The molecule has 1 N–H and O–H groups in total. The predicted octanol–water partition coefficient (Wildman–Crippen LogP) is 3.41. The summed E-state index contributed by atoms with van der Waals surface area (Å²) in [7, 11) is 0. The van der Waals surface area contributed by atoms with Crippen molar-refractivity contribution in [2.45, 2.75) is 25.9 Å². The van der Waals surface area contributed by atoms with E-state index in [4.69, 9.17) is 4.74 Å². The molecule has 138 valence electrons. The van der Waals surface area contributed by atoms with Crippen molar-refractivity contribution in [3.05, 3.63) is 51.7 Å². The number of carbonyl (C=O) groups is 1. The third kappa shape index (κ3) is 3.44. The lowest BCUT2D eigenvalue weighted by Gasteiger charge is -2.34. The zero-order valence-electron chi connectivity index (χ0n) is 15.1. The van der Waals surface area contributed by atoms with E-state index in [1.165, 1.54) is 16.1 Å². The number of thiophene rings is 1. The van der Waals surface area contributed by atoms with E-state index in [1.807, 2.05) is 11.0 Å². The third-order valence-corrected chi connectivity index (χ3v) is 6.31. The molecule has 5 nitrogen and oxygen atoms in total. The summed E-state index contributed by atoms with van der Waals surface area (Å²) in [5.41, 5.74) is 3.65. The van der Waals surface area contributed by atoms with Crippen LogP contribution in [-0.2, 0) is 17.7 Å². The SMILES string of the molecule is C[C@H]1c2ccsc2CCN1C(=O)NCc1ccccc1N1CCOCC1. The fraction of sp³-hybridized carbons (Fsp3) is 0.450. The van der Waals surface area contributed by atoms with E-state index in [-0.39, 0.29) is 12.1 Å². The van der Waals surface area contributed by atoms with E-state index in [1.54, 1.807) is 11.3 Å². The first-order valence-corrected chi connectivity index (χ1v) is 10.1. The summed E-state index contributed by atoms with van der Waals surface area (Å²) in [6, 6.07) is 10.6. The van der Waals surface area contributed by atoms with Crippen LogP contribution in [0.4, 0.5) is 10.5 Å². The molecule has 2 amide bonds. The number of ether oxygens (including phenoxy) is 1. The third-order valence-electron chi connectivity index (χ3n) is 5.31. The minimum absolute atomic E-state index is 0.0196. The maximum atomic E-state index is 12.8. The molecule has 3 heterocycles. The van der Waals surface area contributed by atoms with E-state index in [2.05, 4.69) is 46.8 Å². The molecular weight excluding hydrogens is 346 g/mol. The van der Waals surface area contributed by atoms with Gasteiger partial charge in [-0.2, -0.15) is 0 Å². The second-order valence-corrected chi connectivity index (χ2v) is 7.81. The van der Waals surface area contributed by atoms with Crippen LogP contribution in [0.1, 0.15) is 29.0 Å². The summed E-state index contributed by atoms with van der Waals surface area (Å²) in [6.45, 7) is 6.76. The molecule has 1 atom stereocenters. The highest BCUT2D eigenvalue weighted by Gasteiger charge is 2.28. The quantitative estimate of drug-likeness (QED) is 0.899. The molecular formula is C20H25N3O2S. The second kappa shape index (κ2) is 7.68. The Bertz CT molecular complexity index is 770. The summed E-state index contributed by atoms with van der Waals surface area (Å²) in [5.74, 6) is 0. The molecule has 2 aromatic rings. The molecule has 1 fully saturated rings. The van der Waals surface area contributed by atoms with Crippen molar-refractivity contribution in [1.29, 1.82) is 0 Å². The smallest absolute Gasteiger partial charge is 0.318 e. The van der Waals surface area contributed by atoms with Gasteiger partial charge in [0.2, 0.25) is 0 Å². The zero-order valence-corrected chi connectivity index (χ0v) is 15.9. The fourth-order valence-corrected chi connectivity index (χ4v) is 4.80. The summed E-state index contributed by atoms with van der Waals surface area (Å²) in [5, 5.41) is 5.26. The van der Waals surface area contributed by atoms with Gasteiger partial charge in [0.15, 0.2) is 0 Å². The lowest BCUT2D eigenvalue weighted by atomic mass is 10.0. The fourth-order valence-electron chi connectivity index (χ4n) is 3.83. The molecule has 2 aliphatic rings. The number of benzene rings is 1. The standard InChI is InChI=1S/C20H25N3O2S/c1-15-17-7-13-26-19(17)6-8-23(15)20(24)21-14-16-4-2-3-5-18(16)22-9-11-25-12-10-22/h2-5,7,13,15H,6,8-12,14H2,1H3,(H,21,24)/t15-/m0/s1. The second-order valence-electron chi connectivity index (χ2n) is 6.81. The number of nitrogens with zero attached hydrogens (tertiary/aromatic N) is 2. The average Bonchev–Trinajstić information content (AvgIpc) is 3.17. The summed E-state index contributed by atoms with van der Waals surface area (Å²) in [6.07, 6.45) is 0.953. The minimum Gasteiger partial charge on any atom is -0.378 e. The van der Waals surface area contributed by atoms with Gasteiger partial charge in [0.1, 0.15) is 0 Å². The van der Waals surface area contributed by atoms with E-state index in [0.717, 1.165) is 44.8 Å². The number of urea groups is 1. The van der Waals surface area contributed by atoms with Gasteiger partial charge in [-0.1, -0.05) is 18.2 Å². The van der Waals surface area contributed by atoms with Gasteiger partial charge in [-0.05, 0) is 42.0 Å². The van der Waals surface area contributed by atoms with Crippen molar-refractivity contribution in [3.63, 3.8) is 0 Å². The van der Waals surface area contributed by atoms with Gasteiger partial charge >= 0.3 is 6.03 Å². The van der Waals surface area contributed by atoms with Crippen molar-refractivity contribution in [2.75, 3.05) is 37.7 Å². The lowest BCUT2D eigenvalue weighted by molar-refractivity contribution is 0.122. The monoisotopic (exact) mass is 371 g/mol. The minimum atomic E-state index is 0.0196. The molecule has 4 rings (SSSR count). The Morgan fingerprint density at radius 1 is 1.23 bits per heavy atom. The molecule has 1 saturated heterocycles. The number of rotatable bonds is 3. The topological polar surface area (TPSA) is 44.8 Å². The first-order valence-electron chi connectivity index (χ1n) is 9.25. The number of fused-ring (bicyclic) bond motifs is 1. The molecule has 0 bridgehead atoms. The average molecular weight is 372 g/mol. The molecule has 0 spiro atoms. The first kappa shape index (κ1) is 17.4. The molecule has 1 aromatic carbocycles. The Morgan fingerprint density at radius 2 is 2.04 bits per heavy atom. The Labute approximate surface area is 158 Å². The van der Waals surface area contributed by atoms with Crippen LogP contribution in [0.15, 0.2) is 35.7 Å². The van der Waals surface area contributed by atoms with Crippen LogP contribution in [0.25, 0.3) is 0 Å². The molecule has 0 saturated carbocycles. The van der Waals surface area contributed by atoms with Gasteiger partial charge in [0, 0.05) is 36.7 Å². The number of anilines is 1. The van der Waals surface area contributed by atoms with E-state index in [9.17, 15) is 4.79 Å². The van der Waals surface area contributed by atoms with Crippen molar-refractivity contribution >= 4 is 23.1 Å². The molecule has 1 aromatic heterocycles. The lowest BCUT2D eigenvalue weighted by Crippen LogP contribution is -2.44. The Morgan fingerprint density at radius 3 is 2.88 bits per heavy atom. The zero-order chi connectivity index (χ0) is 17.9. The highest BCUT2D eigenvalue weighted by molar-refractivity contribution is 7.10. The van der Waals surface area contributed by atoms with Crippen LogP contribution in [0.5, 0.6) is 0 Å². The Balaban J connectivity index is 1.42. The highest BCUT2D eigenvalue weighted by Crippen LogP contribution is 2.32. The van der Waals surface area contributed by atoms with E-state index in [0.29, 0.717) is 6.54 Å². The Kier molecular flexibility index (Phi) is 5.13. The normalized spacial score (nSPS) is 20.0. The predicted molar refractivity (Wildman–Crippen MR) is 105 cm³/mol. The van der Waals surface area contributed by atoms with Crippen LogP contribution in [0.3, 0.4) is 0 Å². The summed E-state index contributed by atoms with van der Waals surface area (Å²) < 4.78 is 5.46. The van der Waals surface area contributed by atoms with Crippen molar-refractivity contribution < 1.29 is 9.53 Å². The molecule has 0 unspecified atom stereocenters. The number of hydrogen-bond donors (Lipinski definition) is 1. The maximum absolute atomic E-state index is 12.8. The number of para-hydroxylation sites is 1. The van der Waals surface area contributed by atoms with E-state index < -0.39 is 0 Å². The molecule has 0 radical (unpaired) electrons. The number of nitrogens with one attached hydrogen (secondary N) is 1. The van der Waals surface area contributed by atoms with Crippen molar-refractivity contribution in [3.8, 4) is 0 Å². The van der Waals surface area contributed by atoms with Crippen LogP contribution < -0.4 is 10.2 Å². The summed E-state index contributed by atoms with van der Waals surface area (Å²) in [4.78, 5) is 18.5. The largest absolute Gasteiger partial charge is 0.378 e. The molecule has 6 heteroatoms. The number of morpholine rings is 1. The highest BCUT2D eigenvalue weighted by atomic mass is 32.1. The van der Waals surface area contributed by atoms with Crippen LogP contribution in [0, 0.1) is 0 Å². The van der Waals surface area contributed by atoms with Gasteiger partial charge < -0.3 is 19.9 Å². The number of carbonyl (C=O) groups excluding carboxylic acids is 1. The molecule has 2 aliphatic heterocycles. The van der Waals surface area contributed by atoms with Gasteiger partial charge in [0.05, 0.1) is 19.3 Å². The maximum Gasteiger partial charge on any atom is 0.318 e. The van der Waals surface area contributed by atoms with Gasteiger partial charge in [-0.25, -0.2) is 4.79 Å². The van der Waals surface area contributed by atoms with Crippen LogP contribution >= 0.6 is 11.3 Å². The molecule has 26 heavy (non-hydrogen) atoms.